The minimum absolute atomic E-state index is 0.0581. The van der Waals surface area contributed by atoms with Crippen LogP contribution in [-0.2, 0) is 16.6 Å². The number of nitrogens with zero attached hydrogens (tertiary/aromatic N) is 1. The molecule has 0 atom stereocenters. The van der Waals surface area contributed by atoms with Gasteiger partial charge in [0, 0.05) is 11.4 Å². The molecule has 4 nitrogen and oxygen atoms in total. The Kier molecular flexibility index (Phi) is 5.21. The zero-order chi connectivity index (χ0) is 17.0. The van der Waals surface area contributed by atoms with E-state index in [1.165, 1.54) is 5.41 Å². The molecule has 24 heavy (non-hydrogen) atoms. The van der Waals surface area contributed by atoms with Crippen molar-refractivity contribution in [3.8, 4) is 0 Å². The molecule has 1 fully saturated rings. The molecule has 0 bridgehead atoms. The molecule has 0 N–H and O–H groups in total. The standard InChI is InChI=1S/C19H23NO3S/c1-16-8-10-17(11-9-16)12-14-24(21,22)20(18-5-2-3-6-18)15-19-7-4-13-23-19/h4,7-14,18H,2-3,5-6,15H2,1H3. The van der Waals surface area contributed by atoms with E-state index < -0.39 is 10.0 Å². The first-order valence-electron chi connectivity index (χ1n) is 8.33. The highest BCUT2D eigenvalue weighted by Crippen LogP contribution is 2.28. The molecule has 2 aromatic rings. The van der Waals surface area contributed by atoms with E-state index in [2.05, 4.69) is 0 Å². The second-order valence-electron chi connectivity index (χ2n) is 6.32. The van der Waals surface area contributed by atoms with Crippen molar-refractivity contribution in [2.45, 2.75) is 45.2 Å². The molecule has 3 rings (SSSR count). The third-order valence-electron chi connectivity index (χ3n) is 4.46. The lowest BCUT2D eigenvalue weighted by Gasteiger charge is -2.25. The second-order valence-corrected chi connectivity index (χ2v) is 8.09. The van der Waals surface area contributed by atoms with E-state index in [9.17, 15) is 8.42 Å². The maximum absolute atomic E-state index is 12.9. The molecular formula is C19H23NO3S. The van der Waals surface area contributed by atoms with Gasteiger partial charge in [-0.3, -0.25) is 0 Å². The predicted molar refractivity (Wildman–Crippen MR) is 95.6 cm³/mol. The highest BCUT2D eigenvalue weighted by Gasteiger charge is 2.31. The van der Waals surface area contributed by atoms with Crippen molar-refractivity contribution in [1.29, 1.82) is 0 Å². The van der Waals surface area contributed by atoms with Crippen LogP contribution in [0.1, 0.15) is 42.6 Å². The van der Waals surface area contributed by atoms with Crippen molar-refractivity contribution in [2.75, 3.05) is 0 Å². The molecule has 1 aromatic carbocycles. The molecule has 1 aromatic heterocycles. The minimum Gasteiger partial charge on any atom is -0.468 e. The van der Waals surface area contributed by atoms with E-state index in [-0.39, 0.29) is 12.6 Å². The first-order valence-corrected chi connectivity index (χ1v) is 9.84. The van der Waals surface area contributed by atoms with Crippen LogP contribution in [0.5, 0.6) is 0 Å². The molecule has 0 spiro atoms. The van der Waals surface area contributed by atoms with Gasteiger partial charge in [-0.1, -0.05) is 42.7 Å². The van der Waals surface area contributed by atoms with Gasteiger partial charge in [0.15, 0.2) is 0 Å². The lowest BCUT2D eigenvalue weighted by Crippen LogP contribution is -2.36. The minimum atomic E-state index is -3.50. The SMILES string of the molecule is Cc1ccc(C=CS(=O)(=O)N(Cc2ccco2)C2CCCC2)cc1. The Balaban J connectivity index is 1.82. The molecule has 0 aliphatic heterocycles. The van der Waals surface area contributed by atoms with Gasteiger partial charge in [0.1, 0.15) is 5.76 Å². The molecule has 1 heterocycles. The first kappa shape index (κ1) is 17.0. The van der Waals surface area contributed by atoms with Crippen LogP contribution in [0, 0.1) is 6.92 Å². The van der Waals surface area contributed by atoms with Crippen molar-refractivity contribution in [2.24, 2.45) is 0 Å². The van der Waals surface area contributed by atoms with E-state index in [1.54, 1.807) is 22.7 Å². The summed E-state index contributed by atoms with van der Waals surface area (Å²) in [5.41, 5.74) is 2.04. The predicted octanol–water partition coefficient (Wildman–Crippen LogP) is 4.33. The van der Waals surface area contributed by atoms with E-state index in [0.29, 0.717) is 5.76 Å². The number of hydrogen-bond acceptors (Lipinski definition) is 3. The zero-order valence-electron chi connectivity index (χ0n) is 13.9. The molecule has 1 aliphatic rings. The van der Waals surface area contributed by atoms with Gasteiger partial charge in [0.25, 0.3) is 0 Å². The fourth-order valence-corrected chi connectivity index (χ4v) is 4.51. The normalized spacial score (nSPS) is 16.4. The van der Waals surface area contributed by atoms with Gasteiger partial charge in [-0.25, -0.2) is 8.42 Å². The van der Waals surface area contributed by atoms with E-state index in [4.69, 9.17) is 4.42 Å². The number of hydrogen-bond donors (Lipinski definition) is 0. The van der Waals surface area contributed by atoms with Gasteiger partial charge in [0.2, 0.25) is 10.0 Å². The van der Waals surface area contributed by atoms with Crippen LogP contribution in [0.2, 0.25) is 0 Å². The third-order valence-corrected chi connectivity index (χ3v) is 6.02. The summed E-state index contributed by atoms with van der Waals surface area (Å²) in [7, 11) is -3.50. The Morgan fingerprint density at radius 2 is 1.88 bits per heavy atom. The molecule has 0 amide bonds. The fraction of sp³-hybridized carbons (Fsp3) is 0.368. The summed E-state index contributed by atoms with van der Waals surface area (Å²) in [6, 6.07) is 11.5. The van der Waals surface area contributed by atoms with Crippen LogP contribution >= 0.6 is 0 Å². The molecule has 0 saturated heterocycles. The molecular weight excluding hydrogens is 322 g/mol. The van der Waals surface area contributed by atoms with Crippen molar-refractivity contribution in [1.82, 2.24) is 4.31 Å². The van der Waals surface area contributed by atoms with Gasteiger partial charge >= 0.3 is 0 Å². The van der Waals surface area contributed by atoms with E-state index in [0.717, 1.165) is 36.8 Å². The van der Waals surface area contributed by atoms with Crippen LogP contribution in [0.15, 0.2) is 52.5 Å². The summed E-state index contributed by atoms with van der Waals surface area (Å²) in [6.07, 6.45) is 7.24. The number of benzene rings is 1. The van der Waals surface area contributed by atoms with Gasteiger partial charge < -0.3 is 4.42 Å². The number of aryl methyl sites for hydroxylation is 1. The van der Waals surface area contributed by atoms with Gasteiger partial charge in [-0.05, 0) is 43.5 Å². The van der Waals surface area contributed by atoms with Crippen molar-refractivity contribution in [3.05, 3.63) is 65.0 Å². The van der Waals surface area contributed by atoms with E-state index >= 15 is 0 Å². The second kappa shape index (κ2) is 7.36. The summed E-state index contributed by atoms with van der Waals surface area (Å²) < 4.78 is 32.7. The van der Waals surface area contributed by atoms with Crippen LogP contribution in [0.25, 0.3) is 6.08 Å². The van der Waals surface area contributed by atoms with Crippen molar-refractivity contribution >= 4 is 16.1 Å². The lowest BCUT2D eigenvalue weighted by molar-refractivity contribution is 0.295. The lowest BCUT2D eigenvalue weighted by atomic mass is 10.2. The Morgan fingerprint density at radius 1 is 1.17 bits per heavy atom. The molecule has 0 radical (unpaired) electrons. The monoisotopic (exact) mass is 345 g/mol. The molecule has 1 aliphatic carbocycles. The van der Waals surface area contributed by atoms with Crippen molar-refractivity contribution in [3.63, 3.8) is 0 Å². The summed E-state index contributed by atoms with van der Waals surface area (Å²) >= 11 is 0. The number of rotatable bonds is 6. The fourth-order valence-electron chi connectivity index (χ4n) is 3.10. The molecule has 0 unspecified atom stereocenters. The molecule has 128 valence electrons. The average Bonchev–Trinajstić information content (AvgIpc) is 3.25. The Bertz CT molecular complexity index is 771. The first-order chi connectivity index (χ1) is 11.5. The van der Waals surface area contributed by atoms with Gasteiger partial charge in [0.05, 0.1) is 12.8 Å². The quantitative estimate of drug-likeness (QED) is 0.783. The number of furan rings is 1. The highest BCUT2D eigenvalue weighted by molar-refractivity contribution is 7.92. The summed E-state index contributed by atoms with van der Waals surface area (Å²) in [4.78, 5) is 0. The Labute approximate surface area is 143 Å². The summed E-state index contributed by atoms with van der Waals surface area (Å²) in [6.45, 7) is 2.30. The van der Waals surface area contributed by atoms with Gasteiger partial charge in [-0.15, -0.1) is 0 Å². The van der Waals surface area contributed by atoms with Crippen LogP contribution in [0.3, 0.4) is 0 Å². The average molecular weight is 345 g/mol. The summed E-state index contributed by atoms with van der Waals surface area (Å²) in [5.74, 6) is 0.675. The smallest absolute Gasteiger partial charge is 0.236 e. The topological polar surface area (TPSA) is 50.5 Å². The maximum Gasteiger partial charge on any atom is 0.236 e. The number of sulfonamides is 1. The molecule has 5 heteroatoms. The van der Waals surface area contributed by atoms with Crippen LogP contribution in [-0.4, -0.2) is 18.8 Å². The van der Waals surface area contributed by atoms with E-state index in [1.807, 2.05) is 37.3 Å². The van der Waals surface area contributed by atoms with Crippen LogP contribution in [0.4, 0.5) is 0 Å². The Hall–Kier alpha value is -1.85. The highest BCUT2D eigenvalue weighted by atomic mass is 32.2. The van der Waals surface area contributed by atoms with Crippen molar-refractivity contribution < 1.29 is 12.8 Å². The Morgan fingerprint density at radius 3 is 2.50 bits per heavy atom. The van der Waals surface area contributed by atoms with Crippen LogP contribution < -0.4 is 0 Å². The third kappa shape index (κ3) is 4.16. The zero-order valence-corrected chi connectivity index (χ0v) is 14.7. The summed E-state index contributed by atoms with van der Waals surface area (Å²) in [5, 5.41) is 1.32. The largest absolute Gasteiger partial charge is 0.468 e. The maximum atomic E-state index is 12.9. The molecule has 1 saturated carbocycles. The van der Waals surface area contributed by atoms with Gasteiger partial charge in [-0.2, -0.15) is 4.31 Å².